The summed E-state index contributed by atoms with van der Waals surface area (Å²) in [6.07, 6.45) is 3.21. The Morgan fingerprint density at radius 2 is 2.10 bits per heavy atom. The van der Waals surface area contributed by atoms with Crippen LogP contribution in [0.1, 0.15) is 26.3 Å². The molecule has 0 saturated heterocycles. The first-order chi connectivity index (χ1) is 9.82. The highest BCUT2D eigenvalue weighted by Gasteiger charge is 2.18. The number of ether oxygens (including phenoxy) is 1. The van der Waals surface area contributed by atoms with Crippen LogP contribution in [0.3, 0.4) is 0 Å². The zero-order valence-electron chi connectivity index (χ0n) is 12.3. The largest absolute Gasteiger partial charge is 0.434 e. The van der Waals surface area contributed by atoms with Crippen molar-refractivity contribution in [1.29, 1.82) is 0 Å². The lowest BCUT2D eigenvalue weighted by molar-refractivity contribution is 0.362. The van der Waals surface area contributed by atoms with Gasteiger partial charge in [-0.1, -0.05) is 15.9 Å². The smallest absolute Gasteiger partial charge is 0.314 e. The van der Waals surface area contributed by atoms with Gasteiger partial charge in [-0.15, -0.1) is 0 Å². The molecular formula is C15H18BrN3O2. The standard InChI is InChI=1S/C15H18BrN3O2/c1-15(2,3)19-7-6-18-13(14(19)20)21-12-5-4-11(16)8-10(12)9-17/h4-8H,9,17H2,1-3H3. The van der Waals surface area contributed by atoms with E-state index in [1.807, 2.05) is 32.9 Å². The van der Waals surface area contributed by atoms with Gasteiger partial charge in [0.15, 0.2) is 0 Å². The van der Waals surface area contributed by atoms with Crippen molar-refractivity contribution >= 4 is 15.9 Å². The van der Waals surface area contributed by atoms with Crippen LogP contribution in [0.15, 0.2) is 39.9 Å². The van der Waals surface area contributed by atoms with Gasteiger partial charge in [-0.3, -0.25) is 4.79 Å². The summed E-state index contributed by atoms with van der Waals surface area (Å²) in [6.45, 7) is 6.16. The summed E-state index contributed by atoms with van der Waals surface area (Å²) < 4.78 is 8.18. The summed E-state index contributed by atoms with van der Waals surface area (Å²) in [6, 6.07) is 5.46. The highest BCUT2D eigenvalue weighted by Crippen LogP contribution is 2.25. The maximum absolute atomic E-state index is 12.4. The molecule has 6 heteroatoms. The van der Waals surface area contributed by atoms with E-state index in [0.29, 0.717) is 12.3 Å². The van der Waals surface area contributed by atoms with Gasteiger partial charge >= 0.3 is 5.56 Å². The Morgan fingerprint density at radius 1 is 1.38 bits per heavy atom. The summed E-state index contributed by atoms with van der Waals surface area (Å²) in [5.41, 5.74) is 5.90. The molecule has 112 valence electrons. The zero-order chi connectivity index (χ0) is 15.6. The molecule has 1 heterocycles. The van der Waals surface area contributed by atoms with Crippen molar-refractivity contribution in [1.82, 2.24) is 9.55 Å². The van der Waals surface area contributed by atoms with Gasteiger partial charge in [0.25, 0.3) is 5.88 Å². The van der Waals surface area contributed by atoms with Gasteiger partial charge in [0.2, 0.25) is 0 Å². The second kappa shape index (κ2) is 5.99. The Hall–Kier alpha value is -1.66. The number of nitrogens with two attached hydrogens (primary N) is 1. The topological polar surface area (TPSA) is 70.1 Å². The van der Waals surface area contributed by atoms with E-state index in [4.69, 9.17) is 10.5 Å². The lowest BCUT2D eigenvalue weighted by Crippen LogP contribution is -2.34. The van der Waals surface area contributed by atoms with Crippen LogP contribution in [0.25, 0.3) is 0 Å². The predicted octanol–water partition coefficient (Wildman–Crippen LogP) is 3.01. The SMILES string of the molecule is CC(C)(C)n1ccnc(Oc2ccc(Br)cc2CN)c1=O. The third-order valence-corrected chi connectivity index (χ3v) is 3.47. The van der Waals surface area contributed by atoms with Crippen LogP contribution in [0.2, 0.25) is 0 Å². The predicted molar refractivity (Wildman–Crippen MR) is 85.6 cm³/mol. The van der Waals surface area contributed by atoms with E-state index in [9.17, 15) is 4.79 Å². The first-order valence-electron chi connectivity index (χ1n) is 6.57. The van der Waals surface area contributed by atoms with Gasteiger partial charge in [0.05, 0.1) is 0 Å². The molecule has 0 aliphatic heterocycles. The maximum atomic E-state index is 12.4. The van der Waals surface area contributed by atoms with E-state index in [0.717, 1.165) is 10.0 Å². The molecule has 0 saturated carbocycles. The fourth-order valence-corrected chi connectivity index (χ4v) is 2.31. The average molecular weight is 352 g/mol. The van der Waals surface area contributed by atoms with Gasteiger partial charge in [-0.05, 0) is 39.0 Å². The molecule has 0 aliphatic rings. The van der Waals surface area contributed by atoms with Crippen LogP contribution in [-0.2, 0) is 12.1 Å². The first kappa shape index (κ1) is 15.7. The monoisotopic (exact) mass is 351 g/mol. The number of hydrogen-bond donors (Lipinski definition) is 1. The normalized spacial score (nSPS) is 11.5. The summed E-state index contributed by atoms with van der Waals surface area (Å²) in [5.74, 6) is 0.585. The summed E-state index contributed by atoms with van der Waals surface area (Å²) in [7, 11) is 0. The van der Waals surface area contributed by atoms with Crippen LogP contribution in [-0.4, -0.2) is 9.55 Å². The lowest BCUT2D eigenvalue weighted by atomic mass is 10.1. The van der Waals surface area contributed by atoms with Gasteiger partial charge in [0.1, 0.15) is 5.75 Å². The van der Waals surface area contributed by atoms with Gasteiger partial charge in [-0.25, -0.2) is 4.98 Å². The molecule has 0 atom stereocenters. The molecule has 0 fully saturated rings. The van der Waals surface area contributed by atoms with Gasteiger partial charge in [0, 0.05) is 34.5 Å². The molecule has 2 aromatic rings. The van der Waals surface area contributed by atoms with E-state index in [1.165, 1.54) is 0 Å². The zero-order valence-corrected chi connectivity index (χ0v) is 13.8. The van der Waals surface area contributed by atoms with Crippen LogP contribution >= 0.6 is 15.9 Å². The average Bonchev–Trinajstić information content (AvgIpc) is 2.41. The minimum Gasteiger partial charge on any atom is -0.434 e. The fourth-order valence-electron chi connectivity index (χ4n) is 1.90. The van der Waals surface area contributed by atoms with Crippen molar-refractivity contribution in [3.8, 4) is 11.6 Å². The summed E-state index contributed by atoms with van der Waals surface area (Å²) >= 11 is 3.38. The van der Waals surface area contributed by atoms with Crippen LogP contribution in [0.5, 0.6) is 11.6 Å². The Bertz CT molecular complexity index is 705. The van der Waals surface area contributed by atoms with E-state index >= 15 is 0 Å². The number of nitrogens with zero attached hydrogens (tertiary/aromatic N) is 2. The van der Waals surface area contributed by atoms with Crippen molar-refractivity contribution in [2.45, 2.75) is 32.9 Å². The number of hydrogen-bond acceptors (Lipinski definition) is 4. The molecule has 0 radical (unpaired) electrons. The molecular weight excluding hydrogens is 334 g/mol. The highest BCUT2D eigenvalue weighted by molar-refractivity contribution is 9.10. The van der Waals surface area contributed by atoms with Crippen molar-refractivity contribution in [2.75, 3.05) is 0 Å². The molecule has 5 nitrogen and oxygen atoms in total. The van der Waals surface area contributed by atoms with Gasteiger partial charge in [-0.2, -0.15) is 0 Å². The molecule has 21 heavy (non-hydrogen) atoms. The number of halogens is 1. The molecule has 1 aromatic heterocycles. The molecule has 0 aliphatic carbocycles. The second-order valence-corrected chi connectivity index (χ2v) is 6.55. The minimum atomic E-state index is -0.339. The third kappa shape index (κ3) is 3.51. The Labute approximate surface area is 131 Å². The third-order valence-electron chi connectivity index (χ3n) is 2.98. The molecule has 1 aromatic carbocycles. The van der Waals surface area contributed by atoms with Crippen molar-refractivity contribution in [2.24, 2.45) is 5.73 Å². The van der Waals surface area contributed by atoms with Gasteiger partial charge < -0.3 is 15.0 Å². The van der Waals surface area contributed by atoms with Crippen LogP contribution in [0.4, 0.5) is 0 Å². The molecule has 0 spiro atoms. The van der Waals surface area contributed by atoms with E-state index in [2.05, 4.69) is 20.9 Å². The van der Waals surface area contributed by atoms with Crippen LogP contribution in [0, 0.1) is 0 Å². The van der Waals surface area contributed by atoms with Crippen molar-refractivity contribution in [3.63, 3.8) is 0 Å². The van der Waals surface area contributed by atoms with Crippen molar-refractivity contribution < 1.29 is 4.74 Å². The van der Waals surface area contributed by atoms with Crippen LogP contribution < -0.4 is 16.0 Å². The number of rotatable bonds is 3. The number of aromatic nitrogens is 2. The Morgan fingerprint density at radius 3 is 2.71 bits per heavy atom. The number of benzene rings is 1. The molecule has 2 rings (SSSR count). The Kier molecular flexibility index (Phi) is 4.49. The Balaban J connectivity index is 2.44. The van der Waals surface area contributed by atoms with E-state index < -0.39 is 0 Å². The minimum absolute atomic E-state index is 0.0458. The molecule has 0 bridgehead atoms. The quantitative estimate of drug-likeness (QED) is 0.922. The molecule has 0 amide bonds. The highest BCUT2D eigenvalue weighted by atomic mass is 79.9. The van der Waals surface area contributed by atoms with Crippen molar-refractivity contribution in [3.05, 3.63) is 51.0 Å². The van der Waals surface area contributed by atoms with E-state index in [-0.39, 0.29) is 17.0 Å². The summed E-state index contributed by atoms with van der Waals surface area (Å²) in [5, 5.41) is 0. The molecule has 0 unspecified atom stereocenters. The fraction of sp³-hybridized carbons (Fsp3) is 0.333. The van der Waals surface area contributed by atoms with E-state index in [1.54, 1.807) is 23.0 Å². The molecule has 2 N–H and O–H groups in total. The maximum Gasteiger partial charge on any atom is 0.314 e. The second-order valence-electron chi connectivity index (χ2n) is 5.64. The first-order valence-corrected chi connectivity index (χ1v) is 7.36. The lowest BCUT2D eigenvalue weighted by Gasteiger charge is -2.22. The summed E-state index contributed by atoms with van der Waals surface area (Å²) in [4.78, 5) is 16.5.